The number of amides is 1. The molecule has 1 aliphatic heterocycles. The molecule has 0 saturated carbocycles. The topological polar surface area (TPSA) is 63.9 Å². The van der Waals surface area contributed by atoms with Gasteiger partial charge in [0.1, 0.15) is 5.52 Å². The molecule has 0 bridgehead atoms. The molecule has 1 fully saturated rings. The zero-order valence-corrected chi connectivity index (χ0v) is 18.0. The van der Waals surface area contributed by atoms with Crippen molar-refractivity contribution in [3.63, 3.8) is 0 Å². The molecule has 0 radical (unpaired) electrons. The molecule has 2 atom stereocenters. The first-order valence-electron chi connectivity index (χ1n) is 9.11. The third kappa shape index (κ3) is 3.69. The monoisotopic (exact) mass is 447 g/mol. The number of hydrogen-bond donors (Lipinski definition) is 0. The molecule has 3 heterocycles. The van der Waals surface area contributed by atoms with Crippen LogP contribution in [-0.4, -0.2) is 49.4 Å². The van der Waals surface area contributed by atoms with Crippen molar-refractivity contribution in [3.8, 4) is 0 Å². The predicted octanol–water partition coefficient (Wildman–Crippen LogP) is 3.88. The Hall–Kier alpha value is -1.67. The van der Waals surface area contributed by atoms with Gasteiger partial charge < -0.3 is 9.47 Å². The summed E-state index contributed by atoms with van der Waals surface area (Å²) < 4.78 is 3.02. The fraction of sp³-hybridized carbons (Fsp3) is 0.474. The Morgan fingerprint density at radius 1 is 1.26 bits per heavy atom. The van der Waals surface area contributed by atoms with Gasteiger partial charge in [-0.2, -0.15) is 0 Å². The SMILES string of the molecule is CC1CC(C)CN(C(=O)CSc2nnc3c4cc(Br)ccc4n(C)c3n2)C1. The summed E-state index contributed by atoms with van der Waals surface area (Å²) in [5.41, 5.74) is 2.63. The lowest BCUT2D eigenvalue weighted by Gasteiger charge is -2.34. The normalized spacial score (nSPS) is 20.5. The molecule has 4 rings (SSSR count). The number of benzene rings is 1. The van der Waals surface area contributed by atoms with E-state index in [1.165, 1.54) is 18.2 Å². The molecule has 6 nitrogen and oxygen atoms in total. The van der Waals surface area contributed by atoms with E-state index in [4.69, 9.17) is 0 Å². The van der Waals surface area contributed by atoms with Crippen LogP contribution in [0.5, 0.6) is 0 Å². The summed E-state index contributed by atoms with van der Waals surface area (Å²) in [5.74, 6) is 1.63. The molecule has 0 spiro atoms. The zero-order chi connectivity index (χ0) is 19.1. The highest BCUT2D eigenvalue weighted by Gasteiger charge is 2.25. The molecular formula is C19H22BrN5OS. The number of carbonyl (C=O) groups is 1. The lowest BCUT2D eigenvalue weighted by atomic mass is 9.92. The number of carbonyl (C=O) groups excluding carboxylic acids is 1. The van der Waals surface area contributed by atoms with Crippen LogP contribution in [-0.2, 0) is 11.8 Å². The third-order valence-corrected chi connectivity index (χ3v) is 6.40. The number of thioether (sulfide) groups is 1. The number of fused-ring (bicyclic) bond motifs is 3. The van der Waals surface area contributed by atoms with Gasteiger partial charge in [-0.25, -0.2) is 4.98 Å². The molecule has 8 heteroatoms. The molecule has 0 aliphatic carbocycles. The number of aromatic nitrogens is 4. The van der Waals surface area contributed by atoms with Crippen LogP contribution in [0.4, 0.5) is 0 Å². The fourth-order valence-corrected chi connectivity index (χ4v) is 5.01. The highest BCUT2D eigenvalue weighted by atomic mass is 79.9. The minimum atomic E-state index is 0.156. The maximum atomic E-state index is 12.6. The lowest BCUT2D eigenvalue weighted by Crippen LogP contribution is -2.43. The van der Waals surface area contributed by atoms with Crippen molar-refractivity contribution in [1.29, 1.82) is 0 Å². The maximum Gasteiger partial charge on any atom is 0.233 e. The summed E-state index contributed by atoms with van der Waals surface area (Å²) in [6.07, 6.45) is 1.19. The van der Waals surface area contributed by atoms with Crippen LogP contribution < -0.4 is 0 Å². The van der Waals surface area contributed by atoms with Crippen LogP contribution in [0.15, 0.2) is 27.8 Å². The van der Waals surface area contributed by atoms with E-state index in [0.29, 0.717) is 22.7 Å². The number of likely N-dealkylation sites (tertiary alicyclic amines) is 1. The molecule has 1 amide bonds. The smallest absolute Gasteiger partial charge is 0.233 e. The Morgan fingerprint density at radius 2 is 2.00 bits per heavy atom. The van der Waals surface area contributed by atoms with Gasteiger partial charge in [-0.3, -0.25) is 4.79 Å². The van der Waals surface area contributed by atoms with Gasteiger partial charge in [0.25, 0.3) is 0 Å². The second-order valence-electron chi connectivity index (χ2n) is 7.52. The second-order valence-corrected chi connectivity index (χ2v) is 9.38. The summed E-state index contributed by atoms with van der Waals surface area (Å²) in [7, 11) is 1.98. The summed E-state index contributed by atoms with van der Waals surface area (Å²) in [6, 6.07) is 6.07. The second kappa shape index (κ2) is 7.39. The fourth-order valence-electron chi connectivity index (χ4n) is 3.96. The molecule has 1 saturated heterocycles. The standard InChI is InChI=1S/C19H22BrN5OS/c1-11-6-12(2)9-25(8-11)16(26)10-27-19-21-18-17(22-23-19)14-7-13(20)4-5-15(14)24(18)3/h4-5,7,11-12H,6,8-10H2,1-3H3. The summed E-state index contributed by atoms with van der Waals surface area (Å²) in [4.78, 5) is 19.2. The number of hydrogen-bond acceptors (Lipinski definition) is 5. The average molecular weight is 448 g/mol. The molecule has 0 N–H and O–H groups in total. The molecular weight excluding hydrogens is 426 g/mol. The van der Waals surface area contributed by atoms with Crippen molar-refractivity contribution in [1.82, 2.24) is 24.6 Å². The molecule has 2 unspecified atom stereocenters. The van der Waals surface area contributed by atoms with E-state index in [0.717, 1.165) is 39.6 Å². The van der Waals surface area contributed by atoms with E-state index in [2.05, 4.69) is 45.0 Å². The van der Waals surface area contributed by atoms with Gasteiger partial charge in [-0.1, -0.05) is 41.5 Å². The minimum absolute atomic E-state index is 0.156. The Morgan fingerprint density at radius 3 is 2.74 bits per heavy atom. The van der Waals surface area contributed by atoms with E-state index in [1.54, 1.807) is 0 Å². The molecule has 142 valence electrons. The van der Waals surface area contributed by atoms with Gasteiger partial charge in [0.05, 0.1) is 11.3 Å². The molecule has 27 heavy (non-hydrogen) atoms. The van der Waals surface area contributed by atoms with Gasteiger partial charge in [0.15, 0.2) is 5.65 Å². The Labute approximate surface area is 170 Å². The van der Waals surface area contributed by atoms with Crippen LogP contribution in [0.1, 0.15) is 20.3 Å². The average Bonchev–Trinajstić information content (AvgIpc) is 2.90. The van der Waals surface area contributed by atoms with Crippen LogP contribution in [0.25, 0.3) is 22.1 Å². The summed E-state index contributed by atoms with van der Waals surface area (Å²) >= 11 is 4.87. The Bertz CT molecular complexity index is 1010. The zero-order valence-electron chi connectivity index (χ0n) is 15.6. The molecule has 1 aromatic carbocycles. The number of piperidine rings is 1. The maximum absolute atomic E-state index is 12.6. The Balaban J connectivity index is 1.53. The molecule has 1 aliphatic rings. The van der Waals surface area contributed by atoms with Gasteiger partial charge in [0, 0.05) is 30.0 Å². The van der Waals surface area contributed by atoms with Crippen molar-refractivity contribution in [2.75, 3.05) is 18.8 Å². The van der Waals surface area contributed by atoms with Crippen LogP contribution in [0, 0.1) is 11.8 Å². The number of rotatable bonds is 3. The van der Waals surface area contributed by atoms with Crippen molar-refractivity contribution in [3.05, 3.63) is 22.7 Å². The Kier molecular flexibility index (Phi) is 5.11. The van der Waals surface area contributed by atoms with Gasteiger partial charge in [0.2, 0.25) is 11.1 Å². The highest BCUT2D eigenvalue weighted by molar-refractivity contribution is 9.10. The molecule has 2 aromatic heterocycles. The van der Waals surface area contributed by atoms with Crippen molar-refractivity contribution in [2.24, 2.45) is 18.9 Å². The highest BCUT2D eigenvalue weighted by Crippen LogP contribution is 2.29. The van der Waals surface area contributed by atoms with E-state index in [9.17, 15) is 4.79 Å². The summed E-state index contributed by atoms with van der Waals surface area (Å²) in [5, 5.41) is 10.2. The van der Waals surface area contributed by atoms with Crippen molar-refractivity contribution >= 4 is 55.7 Å². The first kappa shape index (κ1) is 18.7. The summed E-state index contributed by atoms with van der Waals surface area (Å²) in [6.45, 7) is 6.12. The first-order chi connectivity index (χ1) is 12.9. The first-order valence-corrected chi connectivity index (χ1v) is 10.9. The van der Waals surface area contributed by atoms with Gasteiger partial charge >= 0.3 is 0 Å². The van der Waals surface area contributed by atoms with E-state index < -0.39 is 0 Å². The van der Waals surface area contributed by atoms with E-state index >= 15 is 0 Å². The quantitative estimate of drug-likeness (QED) is 0.570. The number of aryl methyl sites for hydroxylation is 1. The van der Waals surface area contributed by atoms with Crippen LogP contribution >= 0.6 is 27.7 Å². The van der Waals surface area contributed by atoms with Crippen LogP contribution in [0.3, 0.4) is 0 Å². The van der Waals surface area contributed by atoms with Crippen LogP contribution in [0.2, 0.25) is 0 Å². The van der Waals surface area contributed by atoms with E-state index in [-0.39, 0.29) is 5.91 Å². The lowest BCUT2D eigenvalue weighted by molar-refractivity contribution is -0.130. The number of nitrogens with zero attached hydrogens (tertiary/aromatic N) is 5. The molecule has 3 aromatic rings. The van der Waals surface area contributed by atoms with Crippen molar-refractivity contribution in [2.45, 2.75) is 25.4 Å². The predicted molar refractivity (Wildman–Crippen MR) is 112 cm³/mol. The largest absolute Gasteiger partial charge is 0.341 e. The van der Waals surface area contributed by atoms with Gasteiger partial charge in [-0.05, 0) is 36.5 Å². The number of halogens is 1. The van der Waals surface area contributed by atoms with Gasteiger partial charge in [-0.15, -0.1) is 10.2 Å². The minimum Gasteiger partial charge on any atom is -0.341 e. The van der Waals surface area contributed by atoms with E-state index in [1.807, 2.05) is 34.7 Å². The van der Waals surface area contributed by atoms with Crippen molar-refractivity contribution < 1.29 is 4.79 Å². The third-order valence-electron chi connectivity index (χ3n) is 5.09.